The molecule has 0 spiro atoms. The van der Waals surface area contributed by atoms with Crippen molar-refractivity contribution in [2.45, 2.75) is 44.3 Å². The van der Waals surface area contributed by atoms with E-state index in [1.165, 1.54) is 9.80 Å². The van der Waals surface area contributed by atoms with Gasteiger partial charge in [-0.3, -0.25) is 24.2 Å². The molecule has 1 aliphatic heterocycles. The summed E-state index contributed by atoms with van der Waals surface area (Å²) in [5.41, 5.74) is 9.01. The minimum Gasteiger partial charge on any atom is -0.368 e. The van der Waals surface area contributed by atoms with Crippen molar-refractivity contribution in [3.63, 3.8) is 0 Å². The van der Waals surface area contributed by atoms with Crippen molar-refractivity contribution in [2.75, 3.05) is 13.1 Å². The first-order valence-corrected chi connectivity index (χ1v) is 16.3. The van der Waals surface area contributed by atoms with Gasteiger partial charge in [-0.1, -0.05) is 78.3 Å². The molecule has 9 nitrogen and oxygen atoms in total. The molecule has 4 amide bonds. The Morgan fingerprint density at radius 3 is 2.54 bits per heavy atom. The lowest BCUT2D eigenvalue weighted by Crippen LogP contribution is -2.53. The first-order valence-electron chi connectivity index (χ1n) is 15.9. The van der Waals surface area contributed by atoms with Gasteiger partial charge in [0, 0.05) is 35.6 Å². The molecule has 1 aromatic heterocycles. The monoisotopic (exact) mass is 661 g/mol. The number of rotatable bonds is 9. The van der Waals surface area contributed by atoms with Gasteiger partial charge in [-0.15, -0.1) is 0 Å². The second-order valence-electron chi connectivity index (χ2n) is 12.2. The van der Waals surface area contributed by atoms with Crippen molar-refractivity contribution >= 4 is 56.9 Å². The van der Waals surface area contributed by atoms with Crippen molar-refractivity contribution in [3.05, 3.63) is 125 Å². The maximum atomic E-state index is 14.6. The highest BCUT2D eigenvalue weighted by atomic mass is 35.5. The lowest BCUT2D eigenvalue weighted by atomic mass is 9.96. The van der Waals surface area contributed by atoms with Gasteiger partial charge in [-0.2, -0.15) is 0 Å². The third-order valence-corrected chi connectivity index (χ3v) is 9.21. The molecule has 1 fully saturated rings. The predicted octanol–water partition coefficient (Wildman–Crippen LogP) is 4.99. The molecule has 48 heavy (non-hydrogen) atoms. The van der Waals surface area contributed by atoms with Crippen molar-refractivity contribution in [3.8, 4) is 0 Å². The molecule has 1 unspecified atom stereocenters. The van der Waals surface area contributed by atoms with E-state index in [0.29, 0.717) is 17.0 Å². The molecular weight excluding hydrogens is 626 g/mol. The number of nitrogens with zero attached hydrogens (tertiary/aromatic N) is 3. The topological polar surface area (TPSA) is 126 Å². The molecule has 2 heterocycles. The molecule has 1 saturated heterocycles. The summed E-state index contributed by atoms with van der Waals surface area (Å²) in [4.78, 5) is 61.9. The quantitative estimate of drug-likeness (QED) is 0.230. The number of hydrogen-bond donors (Lipinski definition) is 2. The van der Waals surface area contributed by atoms with E-state index in [1.807, 2.05) is 79.7 Å². The van der Waals surface area contributed by atoms with E-state index in [9.17, 15) is 19.2 Å². The van der Waals surface area contributed by atoms with Gasteiger partial charge in [0.05, 0.1) is 18.5 Å². The van der Waals surface area contributed by atoms with Crippen molar-refractivity contribution in [1.82, 2.24) is 20.1 Å². The van der Waals surface area contributed by atoms with E-state index in [0.717, 1.165) is 32.8 Å². The maximum absolute atomic E-state index is 14.6. The van der Waals surface area contributed by atoms with Crippen LogP contribution in [0.25, 0.3) is 21.7 Å². The van der Waals surface area contributed by atoms with Crippen molar-refractivity contribution in [1.29, 1.82) is 0 Å². The predicted molar refractivity (Wildman–Crippen MR) is 186 cm³/mol. The zero-order chi connectivity index (χ0) is 33.8. The largest absolute Gasteiger partial charge is 0.368 e. The molecule has 4 aromatic carbocycles. The van der Waals surface area contributed by atoms with Crippen LogP contribution < -0.4 is 11.1 Å². The Bertz CT molecular complexity index is 2010. The fraction of sp³-hybridized carbons (Fsp3) is 0.237. The lowest BCUT2D eigenvalue weighted by molar-refractivity contribution is -0.148. The number of hydrogen-bond acceptors (Lipinski definition) is 5. The molecule has 0 bridgehead atoms. The average Bonchev–Trinajstić information content (AvgIpc) is 3.21. The number of amides is 4. The summed E-state index contributed by atoms with van der Waals surface area (Å²) in [7, 11) is 0. The van der Waals surface area contributed by atoms with E-state index in [-0.39, 0.29) is 31.8 Å². The smallest absolute Gasteiger partial charge is 0.250 e. The number of fused-ring (bicyclic) bond motifs is 2. The fourth-order valence-electron chi connectivity index (χ4n) is 6.58. The number of carbonyl (C=O) groups is 4. The van der Waals surface area contributed by atoms with Gasteiger partial charge in [0.2, 0.25) is 17.7 Å². The zero-order valence-electron chi connectivity index (χ0n) is 26.5. The number of nitrogens with two attached hydrogens (primary N) is 1. The summed E-state index contributed by atoms with van der Waals surface area (Å²) < 4.78 is 0. The molecular formula is C38H36ClN5O4. The summed E-state index contributed by atoms with van der Waals surface area (Å²) >= 11 is 6.38. The van der Waals surface area contributed by atoms with E-state index in [2.05, 4.69) is 10.3 Å². The van der Waals surface area contributed by atoms with Crippen LogP contribution in [-0.4, -0.2) is 63.6 Å². The third kappa shape index (κ3) is 7.01. The maximum Gasteiger partial charge on any atom is 0.250 e. The Labute approximate surface area is 283 Å². The van der Waals surface area contributed by atoms with Crippen molar-refractivity contribution in [2.24, 2.45) is 5.73 Å². The molecule has 3 N–H and O–H groups in total. The van der Waals surface area contributed by atoms with E-state index >= 15 is 0 Å². The number of carbonyl (C=O) groups excluding carboxylic acids is 4. The molecule has 244 valence electrons. The highest BCUT2D eigenvalue weighted by Gasteiger charge is 2.43. The molecule has 5 aromatic rings. The highest BCUT2D eigenvalue weighted by molar-refractivity contribution is 6.30. The van der Waals surface area contributed by atoms with E-state index in [1.54, 1.807) is 30.5 Å². The zero-order valence-corrected chi connectivity index (χ0v) is 27.3. The number of pyridine rings is 1. The summed E-state index contributed by atoms with van der Waals surface area (Å²) in [6.45, 7) is 1.77. The summed E-state index contributed by atoms with van der Waals surface area (Å²) in [6, 6.07) is 27.4. The second kappa shape index (κ2) is 14.2. The van der Waals surface area contributed by atoms with Crippen LogP contribution in [0.1, 0.15) is 36.1 Å². The van der Waals surface area contributed by atoms with Crippen LogP contribution in [0, 0.1) is 0 Å². The van der Waals surface area contributed by atoms with Crippen LogP contribution in [0.15, 0.2) is 103 Å². The SMILES string of the molecule is C[C@@H]1CCN(C(Cc2cccc3ccccc23)C(N)=O)C(=O)[C@H](c2cccc(Cl)c2)N1C(=O)CNC(=O)Cc1ccc2ncccc2c1. The van der Waals surface area contributed by atoms with Gasteiger partial charge < -0.3 is 20.9 Å². The molecule has 0 saturated carbocycles. The molecule has 0 aliphatic carbocycles. The number of benzene rings is 4. The van der Waals surface area contributed by atoms with Gasteiger partial charge in [0.15, 0.2) is 0 Å². The first kappa shape index (κ1) is 32.7. The molecule has 3 atom stereocenters. The lowest BCUT2D eigenvalue weighted by Gasteiger charge is -2.36. The first-order chi connectivity index (χ1) is 23.2. The van der Waals surface area contributed by atoms with Gasteiger partial charge in [0.25, 0.3) is 5.91 Å². The number of primary amides is 1. The Balaban J connectivity index is 1.26. The number of nitrogens with one attached hydrogen (secondary N) is 1. The van der Waals surface area contributed by atoms with E-state index in [4.69, 9.17) is 17.3 Å². The standard InChI is InChI=1S/C38H36ClN5O4/c1-24-16-18-43(33(37(40)47)22-27-9-4-8-26-7-2-3-13-31(26)27)38(48)36(29-10-5-12-30(39)21-29)44(24)35(46)23-42-34(45)20-25-14-15-32-28(19-25)11-6-17-41-32/h2-15,17,19,21,24,33,36H,16,18,20,22-23H2,1H3,(H2,40,47)(H,42,45)/t24-,33?,36+/m1/s1. The summed E-state index contributed by atoms with van der Waals surface area (Å²) in [5, 5.41) is 6.05. The van der Waals surface area contributed by atoms with Gasteiger partial charge in [-0.05, 0) is 71.1 Å². The molecule has 1 aliphatic rings. The van der Waals surface area contributed by atoms with Crippen LogP contribution in [-0.2, 0) is 32.0 Å². The molecule has 0 radical (unpaired) electrons. The third-order valence-electron chi connectivity index (χ3n) is 8.98. The van der Waals surface area contributed by atoms with Crippen LogP contribution in [0.3, 0.4) is 0 Å². The second-order valence-corrected chi connectivity index (χ2v) is 12.6. The van der Waals surface area contributed by atoms with E-state index < -0.39 is 35.8 Å². The number of aromatic nitrogens is 1. The normalized spacial score (nSPS) is 17.2. The minimum atomic E-state index is -1.09. The Hall–Kier alpha value is -5.28. The fourth-order valence-corrected chi connectivity index (χ4v) is 6.78. The van der Waals surface area contributed by atoms with Crippen LogP contribution in [0.5, 0.6) is 0 Å². The van der Waals surface area contributed by atoms with Gasteiger partial charge in [0.1, 0.15) is 12.1 Å². The summed E-state index contributed by atoms with van der Waals surface area (Å²) in [6.07, 6.45) is 2.40. The van der Waals surface area contributed by atoms with Gasteiger partial charge in [-0.25, -0.2) is 0 Å². The average molecular weight is 662 g/mol. The Kier molecular flexibility index (Phi) is 9.68. The van der Waals surface area contributed by atoms with Crippen molar-refractivity contribution < 1.29 is 19.2 Å². The molecule has 10 heteroatoms. The minimum absolute atomic E-state index is 0.0760. The van der Waals surface area contributed by atoms with Crippen LogP contribution in [0.2, 0.25) is 5.02 Å². The highest BCUT2D eigenvalue weighted by Crippen LogP contribution is 2.33. The Morgan fingerprint density at radius 1 is 0.958 bits per heavy atom. The molecule has 6 rings (SSSR count). The number of halogens is 1. The summed E-state index contributed by atoms with van der Waals surface area (Å²) in [5.74, 6) is -1.82. The van der Waals surface area contributed by atoms with Gasteiger partial charge >= 0.3 is 0 Å². The van der Waals surface area contributed by atoms with Crippen LogP contribution in [0.4, 0.5) is 0 Å². The van der Waals surface area contributed by atoms with Crippen LogP contribution >= 0.6 is 11.6 Å². The Morgan fingerprint density at radius 2 is 1.73 bits per heavy atom.